The number of rotatable bonds is 9. The van der Waals surface area contributed by atoms with Gasteiger partial charge >= 0.3 is 0 Å². The smallest absolute Gasteiger partial charge is 0.262 e. The van der Waals surface area contributed by atoms with Crippen LogP contribution in [0.4, 0.5) is 5.69 Å². The second-order valence-electron chi connectivity index (χ2n) is 11.4. The molecular formula is C30H43N3O5S. The highest BCUT2D eigenvalue weighted by Gasteiger charge is 2.35. The van der Waals surface area contributed by atoms with Gasteiger partial charge in [0, 0.05) is 25.6 Å². The molecular weight excluding hydrogens is 514 g/mol. The fourth-order valence-electron chi connectivity index (χ4n) is 5.65. The van der Waals surface area contributed by atoms with Gasteiger partial charge in [-0.25, -0.2) is 8.42 Å². The van der Waals surface area contributed by atoms with Gasteiger partial charge in [-0.2, -0.15) is 0 Å². The van der Waals surface area contributed by atoms with Crippen LogP contribution < -0.4 is 9.46 Å². The molecule has 214 valence electrons. The predicted octanol–water partition coefficient (Wildman–Crippen LogP) is 4.53. The number of aliphatic hydroxyl groups is 1. The third-order valence-corrected chi connectivity index (χ3v) is 9.43. The van der Waals surface area contributed by atoms with E-state index in [1.807, 2.05) is 20.8 Å². The number of anilines is 1. The van der Waals surface area contributed by atoms with Crippen LogP contribution in [-0.2, 0) is 10.0 Å². The van der Waals surface area contributed by atoms with Crippen LogP contribution in [0.15, 0.2) is 47.4 Å². The number of carbonyl (C=O) groups is 1. The molecule has 2 aromatic carbocycles. The van der Waals surface area contributed by atoms with Crippen molar-refractivity contribution < 1.29 is 23.1 Å². The summed E-state index contributed by atoms with van der Waals surface area (Å²) >= 11 is 0. The molecule has 39 heavy (non-hydrogen) atoms. The predicted molar refractivity (Wildman–Crippen MR) is 154 cm³/mol. The lowest BCUT2D eigenvalue weighted by Crippen LogP contribution is -2.50. The highest BCUT2D eigenvalue weighted by molar-refractivity contribution is 7.92. The van der Waals surface area contributed by atoms with E-state index in [1.165, 1.54) is 32.1 Å². The Morgan fingerprint density at radius 2 is 1.79 bits per heavy atom. The summed E-state index contributed by atoms with van der Waals surface area (Å²) in [6.07, 6.45) is 6.08. The van der Waals surface area contributed by atoms with Gasteiger partial charge in [0.1, 0.15) is 6.10 Å². The second-order valence-corrected chi connectivity index (χ2v) is 13.1. The SMILES string of the molecule is Cc1ccc(S(=O)(=O)Nc2cccc3c2O[C@H](CN(C)CC2CCCCC2)[C@@H](C)CN([C@H](C)CO)C3=O)cc1. The number of amides is 1. The van der Waals surface area contributed by atoms with Gasteiger partial charge in [-0.3, -0.25) is 9.52 Å². The average molecular weight is 558 g/mol. The molecule has 1 fully saturated rings. The molecule has 4 rings (SSSR count). The minimum Gasteiger partial charge on any atom is -0.486 e. The first-order valence-corrected chi connectivity index (χ1v) is 15.6. The molecule has 0 saturated heterocycles. The average Bonchev–Trinajstić information content (AvgIpc) is 2.91. The van der Waals surface area contributed by atoms with Crippen molar-refractivity contribution in [1.29, 1.82) is 0 Å². The Bertz CT molecular complexity index is 1230. The summed E-state index contributed by atoms with van der Waals surface area (Å²) in [7, 11) is -1.81. The Morgan fingerprint density at radius 1 is 1.10 bits per heavy atom. The number of ether oxygens (including phenoxy) is 1. The first-order chi connectivity index (χ1) is 18.6. The van der Waals surface area contributed by atoms with Crippen molar-refractivity contribution in [2.45, 2.75) is 69.9 Å². The monoisotopic (exact) mass is 557 g/mol. The Labute approximate surface area is 233 Å². The van der Waals surface area contributed by atoms with Crippen LogP contribution in [0.25, 0.3) is 0 Å². The minimum atomic E-state index is -3.92. The fourth-order valence-corrected chi connectivity index (χ4v) is 6.72. The second kappa shape index (κ2) is 12.7. The van der Waals surface area contributed by atoms with Gasteiger partial charge in [-0.15, -0.1) is 0 Å². The molecule has 2 aliphatic rings. The van der Waals surface area contributed by atoms with Crippen LogP contribution in [0.5, 0.6) is 5.75 Å². The van der Waals surface area contributed by atoms with Crippen LogP contribution in [0, 0.1) is 18.8 Å². The van der Waals surface area contributed by atoms with Gasteiger partial charge in [0.15, 0.2) is 5.75 Å². The highest BCUT2D eigenvalue weighted by atomic mass is 32.2. The van der Waals surface area contributed by atoms with Gasteiger partial charge in [0.25, 0.3) is 15.9 Å². The Morgan fingerprint density at radius 3 is 2.46 bits per heavy atom. The molecule has 1 aliphatic heterocycles. The molecule has 3 atom stereocenters. The van der Waals surface area contributed by atoms with Gasteiger partial charge in [0.2, 0.25) is 0 Å². The van der Waals surface area contributed by atoms with E-state index in [2.05, 4.69) is 16.7 Å². The zero-order chi connectivity index (χ0) is 28.2. The zero-order valence-electron chi connectivity index (χ0n) is 23.6. The Hall–Kier alpha value is -2.62. The minimum absolute atomic E-state index is 0.0494. The van der Waals surface area contributed by atoms with E-state index in [0.717, 1.165) is 12.1 Å². The molecule has 9 heteroatoms. The van der Waals surface area contributed by atoms with Crippen LogP contribution in [0.3, 0.4) is 0 Å². The summed E-state index contributed by atoms with van der Waals surface area (Å²) in [6.45, 7) is 7.66. The summed E-state index contributed by atoms with van der Waals surface area (Å²) in [5.74, 6) is 0.565. The normalized spacial score (nSPS) is 21.6. The summed E-state index contributed by atoms with van der Waals surface area (Å²) in [6, 6.07) is 11.2. The first kappa shape index (κ1) is 29.4. The van der Waals surface area contributed by atoms with Crippen molar-refractivity contribution in [2.24, 2.45) is 11.8 Å². The quantitative estimate of drug-likeness (QED) is 0.470. The van der Waals surface area contributed by atoms with Crippen LogP contribution in [0.2, 0.25) is 0 Å². The van der Waals surface area contributed by atoms with Crippen LogP contribution in [0.1, 0.15) is 61.9 Å². The number of para-hydroxylation sites is 1. The topological polar surface area (TPSA) is 99.2 Å². The standard InChI is InChI=1S/C30H43N3O5S/c1-21-13-15-25(16-14-21)39(36,37)31-27-12-8-11-26-29(27)38-28(19-32(4)18-24-9-6-5-7-10-24)22(2)17-33(30(26)35)23(3)20-34/h8,11-16,22-24,28,31,34H,5-7,9-10,17-20H2,1-4H3/t22-,23+,28+/m0/s1. The lowest BCUT2D eigenvalue weighted by molar-refractivity contribution is 0.0333. The van der Waals surface area contributed by atoms with Crippen LogP contribution in [-0.4, -0.2) is 74.7 Å². The Kier molecular flexibility index (Phi) is 9.56. The number of carbonyl (C=O) groups excluding carboxylic acids is 1. The van der Waals surface area contributed by atoms with Crippen molar-refractivity contribution in [2.75, 3.05) is 38.0 Å². The summed E-state index contributed by atoms with van der Waals surface area (Å²) in [4.78, 5) is 17.8. The molecule has 1 saturated carbocycles. The van der Waals surface area contributed by atoms with Crippen molar-refractivity contribution in [3.8, 4) is 5.75 Å². The molecule has 1 heterocycles. The van der Waals surface area contributed by atoms with Crippen molar-refractivity contribution in [3.05, 3.63) is 53.6 Å². The molecule has 0 aromatic heterocycles. The molecule has 2 N–H and O–H groups in total. The maximum atomic E-state index is 13.7. The lowest BCUT2D eigenvalue weighted by atomic mass is 9.89. The van der Waals surface area contributed by atoms with E-state index >= 15 is 0 Å². The lowest BCUT2D eigenvalue weighted by Gasteiger charge is -2.39. The number of likely N-dealkylation sites (N-methyl/N-ethyl adjacent to an activating group) is 1. The first-order valence-electron chi connectivity index (χ1n) is 14.1. The van der Waals surface area contributed by atoms with E-state index in [4.69, 9.17) is 4.74 Å². The highest BCUT2D eigenvalue weighted by Crippen LogP contribution is 2.36. The molecule has 1 amide bonds. The Balaban J connectivity index is 1.68. The van der Waals surface area contributed by atoms with Crippen LogP contribution >= 0.6 is 0 Å². The van der Waals surface area contributed by atoms with Crippen molar-refractivity contribution in [1.82, 2.24) is 9.80 Å². The molecule has 8 nitrogen and oxygen atoms in total. The third-order valence-electron chi connectivity index (χ3n) is 8.05. The van der Waals surface area contributed by atoms with Crippen molar-refractivity contribution >= 4 is 21.6 Å². The van der Waals surface area contributed by atoms with E-state index in [9.17, 15) is 18.3 Å². The van der Waals surface area contributed by atoms with Gasteiger partial charge in [-0.1, -0.05) is 49.9 Å². The van der Waals surface area contributed by atoms with Gasteiger partial charge < -0.3 is 19.6 Å². The van der Waals surface area contributed by atoms with Gasteiger partial charge in [-0.05, 0) is 63.9 Å². The van der Waals surface area contributed by atoms with Gasteiger partial charge in [0.05, 0.1) is 28.8 Å². The maximum Gasteiger partial charge on any atom is 0.262 e. The molecule has 2 aromatic rings. The van der Waals surface area contributed by atoms with E-state index < -0.39 is 10.0 Å². The number of hydrogen-bond acceptors (Lipinski definition) is 6. The number of aliphatic hydroxyl groups excluding tert-OH is 1. The third kappa shape index (κ3) is 7.13. The number of nitrogens with zero attached hydrogens (tertiary/aromatic N) is 2. The zero-order valence-corrected chi connectivity index (χ0v) is 24.4. The van der Waals surface area contributed by atoms with Crippen molar-refractivity contribution in [3.63, 3.8) is 0 Å². The number of hydrogen-bond donors (Lipinski definition) is 2. The summed E-state index contributed by atoms with van der Waals surface area (Å²) in [5.41, 5.74) is 1.47. The van der Waals surface area contributed by atoms with E-state index in [0.29, 0.717) is 19.0 Å². The number of sulfonamides is 1. The summed E-state index contributed by atoms with van der Waals surface area (Å²) in [5, 5.41) is 9.92. The number of benzene rings is 2. The number of fused-ring (bicyclic) bond motifs is 1. The van der Waals surface area contributed by atoms with E-state index in [-0.39, 0.29) is 52.5 Å². The molecule has 0 radical (unpaired) electrons. The molecule has 0 bridgehead atoms. The number of aryl methyl sites for hydroxylation is 1. The molecule has 0 unspecified atom stereocenters. The molecule has 1 aliphatic carbocycles. The largest absolute Gasteiger partial charge is 0.486 e. The summed E-state index contributed by atoms with van der Waals surface area (Å²) < 4.78 is 35.9. The maximum absolute atomic E-state index is 13.7. The fraction of sp³-hybridized carbons (Fsp3) is 0.567. The molecule has 0 spiro atoms. The van der Waals surface area contributed by atoms with E-state index in [1.54, 1.807) is 47.4 Å². The number of nitrogens with one attached hydrogen (secondary N) is 1.